The topological polar surface area (TPSA) is 84.6 Å². The standard InChI is InChI=1S/C18H15N3O3S/c1-12-6-8-13(9-7-12)18-20-14(11-24-18)10-19-17-15-4-2-3-5-16(15)25(22,23)21-17/h2-9,11H,10H2,1H3,(H,19,21). The minimum atomic E-state index is -3.53. The van der Waals surface area contributed by atoms with Crippen molar-refractivity contribution < 1.29 is 12.8 Å². The lowest BCUT2D eigenvalue weighted by Crippen LogP contribution is -2.22. The lowest BCUT2D eigenvalue weighted by Gasteiger charge is -1.97. The van der Waals surface area contributed by atoms with Crippen LogP contribution in [0.4, 0.5) is 0 Å². The summed E-state index contributed by atoms with van der Waals surface area (Å²) in [4.78, 5) is 9.01. The molecule has 0 amide bonds. The van der Waals surface area contributed by atoms with Crippen LogP contribution in [0, 0.1) is 6.92 Å². The first-order valence-electron chi connectivity index (χ1n) is 7.71. The van der Waals surface area contributed by atoms with Crippen LogP contribution in [0.1, 0.15) is 16.8 Å². The average molecular weight is 353 g/mol. The molecule has 7 heteroatoms. The number of rotatable bonds is 3. The monoisotopic (exact) mass is 353 g/mol. The van der Waals surface area contributed by atoms with E-state index in [4.69, 9.17) is 4.42 Å². The summed E-state index contributed by atoms with van der Waals surface area (Å²) >= 11 is 0. The first kappa shape index (κ1) is 15.6. The summed E-state index contributed by atoms with van der Waals surface area (Å²) < 4.78 is 32.1. The molecule has 0 bridgehead atoms. The van der Waals surface area contributed by atoms with E-state index < -0.39 is 10.0 Å². The van der Waals surface area contributed by atoms with Crippen LogP contribution in [0.15, 0.2) is 69.1 Å². The molecule has 1 aliphatic heterocycles. The molecule has 0 fully saturated rings. The van der Waals surface area contributed by atoms with E-state index in [1.807, 2.05) is 31.2 Å². The maximum Gasteiger partial charge on any atom is 0.263 e. The maximum atomic E-state index is 12.1. The van der Waals surface area contributed by atoms with E-state index >= 15 is 0 Å². The van der Waals surface area contributed by atoms with Gasteiger partial charge in [0.1, 0.15) is 17.8 Å². The Morgan fingerprint density at radius 3 is 2.68 bits per heavy atom. The summed E-state index contributed by atoms with van der Waals surface area (Å²) in [5.41, 5.74) is 3.25. The van der Waals surface area contributed by atoms with Crippen molar-refractivity contribution >= 4 is 15.9 Å². The number of fused-ring (bicyclic) bond motifs is 1. The molecule has 0 saturated carbocycles. The zero-order chi connectivity index (χ0) is 17.4. The number of hydrogen-bond acceptors (Lipinski definition) is 5. The van der Waals surface area contributed by atoms with Crippen molar-refractivity contribution in [3.05, 3.63) is 71.6 Å². The summed E-state index contributed by atoms with van der Waals surface area (Å²) in [5.74, 6) is 0.845. The number of nitrogens with zero attached hydrogens (tertiary/aromatic N) is 2. The van der Waals surface area contributed by atoms with Crippen LogP contribution < -0.4 is 4.72 Å². The lowest BCUT2D eigenvalue weighted by molar-refractivity contribution is 0.572. The molecular formula is C18H15N3O3S. The zero-order valence-electron chi connectivity index (χ0n) is 13.4. The Labute approximate surface area is 145 Å². The predicted octanol–water partition coefficient (Wildman–Crippen LogP) is 2.89. The van der Waals surface area contributed by atoms with Gasteiger partial charge in [0, 0.05) is 11.1 Å². The highest BCUT2D eigenvalue weighted by atomic mass is 32.2. The second kappa shape index (κ2) is 5.86. The highest BCUT2D eigenvalue weighted by Crippen LogP contribution is 2.23. The van der Waals surface area contributed by atoms with Gasteiger partial charge in [-0.15, -0.1) is 0 Å². The summed E-state index contributed by atoms with van der Waals surface area (Å²) in [6.45, 7) is 2.24. The second-order valence-corrected chi connectivity index (χ2v) is 7.43. The van der Waals surface area contributed by atoms with E-state index in [2.05, 4.69) is 14.7 Å². The van der Waals surface area contributed by atoms with Crippen molar-refractivity contribution in [3.63, 3.8) is 0 Å². The van der Waals surface area contributed by atoms with E-state index in [0.717, 1.165) is 11.1 Å². The van der Waals surface area contributed by atoms with E-state index in [1.165, 1.54) is 6.26 Å². The Kier molecular flexibility index (Phi) is 3.65. The molecule has 126 valence electrons. The Hall–Kier alpha value is -2.93. The van der Waals surface area contributed by atoms with Gasteiger partial charge in [-0.25, -0.2) is 13.4 Å². The number of aryl methyl sites for hydroxylation is 1. The first-order chi connectivity index (χ1) is 12.0. The van der Waals surface area contributed by atoms with Crippen LogP contribution in [0.2, 0.25) is 0 Å². The summed E-state index contributed by atoms with van der Waals surface area (Å²) in [5, 5.41) is 0. The SMILES string of the molecule is Cc1ccc(-c2nc(CN=C3NS(=O)(=O)c4ccccc43)co2)cc1. The van der Waals surface area contributed by atoms with Gasteiger partial charge in [-0.2, -0.15) is 0 Å². The normalized spacial score (nSPS) is 16.6. The molecule has 0 radical (unpaired) electrons. The van der Waals surface area contributed by atoms with Crippen LogP contribution >= 0.6 is 0 Å². The summed E-state index contributed by atoms with van der Waals surface area (Å²) in [7, 11) is -3.53. The molecule has 0 unspecified atom stereocenters. The molecule has 4 rings (SSSR count). The van der Waals surface area contributed by atoms with Gasteiger partial charge in [0.15, 0.2) is 0 Å². The fraction of sp³-hybridized carbons (Fsp3) is 0.111. The molecule has 0 aliphatic carbocycles. The van der Waals surface area contributed by atoms with Crippen LogP contribution in [0.3, 0.4) is 0 Å². The molecule has 2 heterocycles. The summed E-state index contributed by atoms with van der Waals surface area (Å²) in [6, 6.07) is 14.6. The molecule has 1 aromatic heterocycles. The highest BCUT2D eigenvalue weighted by molar-refractivity contribution is 7.90. The van der Waals surface area contributed by atoms with Crippen molar-refractivity contribution in [2.24, 2.45) is 4.99 Å². The van der Waals surface area contributed by atoms with Crippen LogP contribution in [0.5, 0.6) is 0 Å². The van der Waals surface area contributed by atoms with E-state index in [-0.39, 0.29) is 11.4 Å². The van der Waals surface area contributed by atoms with E-state index in [0.29, 0.717) is 23.0 Å². The van der Waals surface area contributed by atoms with Gasteiger partial charge in [0.2, 0.25) is 5.89 Å². The van der Waals surface area contributed by atoms with Crippen molar-refractivity contribution in [1.29, 1.82) is 0 Å². The number of benzene rings is 2. The molecule has 0 saturated heterocycles. The van der Waals surface area contributed by atoms with Crippen molar-refractivity contribution in [1.82, 2.24) is 9.71 Å². The molecule has 6 nitrogen and oxygen atoms in total. The number of aliphatic imine (C=N–C) groups is 1. The quantitative estimate of drug-likeness (QED) is 0.785. The van der Waals surface area contributed by atoms with Crippen LogP contribution in [-0.2, 0) is 16.6 Å². The Bertz CT molecular complexity index is 1070. The van der Waals surface area contributed by atoms with Crippen molar-refractivity contribution in [3.8, 4) is 11.5 Å². The van der Waals surface area contributed by atoms with Gasteiger partial charge in [-0.1, -0.05) is 29.8 Å². The molecule has 2 aromatic carbocycles. The number of hydrogen-bond donors (Lipinski definition) is 1. The Balaban J connectivity index is 1.58. The Morgan fingerprint density at radius 1 is 1.12 bits per heavy atom. The smallest absolute Gasteiger partial charge is 0.263 e. The maximum absolute atomic E-state index is 12.1. The second-order valence-electron chi connectivity index (χ2n) is 5.78. The molecule has 0 spiro atoms. The number of amidine groups is 1. The number of oxazole rings is 1. The zero-order valence-corrected chi connectivity index (χ0v) is 14.2. The Morgan fingerprint density at radius 2 is 1.88 bits per heavy atom. The molecule has 1 aliphatic rings. The third kappa shape index (κ3) is 2.94. The third-order valence-corrected chi connectivity index (χ3v) is 5.31. The molecule has 1 N–H and O–H groups in total. The van der Waals surface area contributed by atoms with Gasteiger partial charge in [0.05, 0.1) is 11.4 Å². The van der Waals surface area contributed by atoms with Gasteiger partial charge < -0.3 is 4.42 Å². The number of sulfonamides is 1. The predicted molar refractivity (Wildman–Crippen MR) is 93.7 cm³/mol. The van der Waals surface area contributed by atoms with E-state index in [1.54, 1.807) is 24.3 Å². The minimum absolute atomic E-state index is 0.224. The highest BCUT2D eigenvalue weighted by Gasteiger charge is 2.30. The third-order valence-electron chi connectivity index (χ3n) is 3.91. The van der Waals surface area contributed by atoms with Crippen LogP contribution in [-0.4, -0.2) is 19.2 Å². The van der Waals surface area contributed by atoms with Gasteiger partial charge >= 0.3 is 0 Å². The number of aromatic nitrogens is 1. The summed E-state index contributed by atoms with van der Waals surface area (Å²) in [6.07, 6.45) is 1.54. The van der Waals surface area contributed by atoms with Crippen molar-refractivity contribution in [2.75, 3.05) is 0 Å². The lowest BCUT2D eigenvalue weighted by atomic mass is 10.1. The fourth-order valence-corrected chi connectivity index (χ4v) is 3.87. The molecule has 25 heavy (non-hydrogen) atoms. The van der Waals surface area contributed by atoms with Gasteiger partial charge in [-0.05, 0) is 31.2 Å². The van der Waals surface area contributed by atoms with Crippen molar-refractivity contribution in [2.45, 2.75) is 18.4 Å². The largest absolute Gasteiger partial charge is 0.444 e. The van der Waals surface area contributed by atoms with Gasteiger partial charge in [-0.3, -0.25) is 9.71 Å². The average Bonchev–Trinajstić information content (AvgIpc) is 3.17. The minimum Gasteiger partial charge on any atom is -0.444 e. The first-order valence-corrected chi connectivity index (χ1v) is 9.19. The van der Waals surface area contributed by atoms with Gasteiger partial charge in [0.25, 0.3) is 10.0 Å². The molecular weight excluding hydrogens is 338 g/mol. The van der Waals surface area contributed by atoms with Crippen LogP contribution in [0.25, 0.3) is 11.5 Å². The number of nitrogens with one attached hydrogen (secondary N) is 1. The van der Waals surface area contributed by atoms with E-state index in [9.17, 15) is 8.42 Å². The molecule has 0 atom stereocenters. The fourth-order valence-electron chi connectivity index (χ4n) is 2.62. The molecule has 3 aromatic rings.